The molecule has 0 aliphatic rings. The lowest BCUT2D eigenvalue weighted by molar-refractivity contribution is 0.100. The third-order valence-electron chi connectivity index (χ3n) is 2.80. The zero-order chi connectivity index (χ0) is 13.8. The standard InChI is InChI=1S/C15H14NO3/c1-18-10-7-8-12(14(9-10)19-2)11-5-3-4-6-13(11)15(16)17/h3-5,7-9H,1-2H3,(H2,16,17). The number of benzene rings is 2. The van der Waals surface area contributed by atoms with Gasteiger partial charge in [-0.15, -0.1) is 0 Å². The van der Waals surface area contributed by atoms with Crippen molar-refractivity contribution in [1.29, 1.82) is 0 Å². The summed E-state index contributed by atoms with van der Waals surface area (Å²) >= 11 is 0. The fraction of sp³-hybridized carbons (Fsp3) is 0.133. The number of rotatable bonds is 4. The van der Waals surface area contributed by atoms with Crippen LogP contribution in [0.1, 0.15) is 10.4 Å². The lowest BCUT2D eigenvalue weighted by atomic mass is 9.98. The molecule has 0 aliphatic heterocycles. The minimum absolute atomic E-state index is 0.339. The van der Waals surface area contributed by atoms with Gasteiger partial charge in [0, 0.05) is 11.6 Å². The topological polar surface area (TPSA) is 61.5 Å². The highest BCUT2D eigenvalue weighted by Crippen LogP contribution is 2.34. The van der Waals surface area contributed by atoms with E-state index in [2.05, 4.69) is 6.07 Å². The molecule has 0 unspecified atom stereocenters. The molecule has 1 radical (unpaired) electrons. The van der Waals surface area contributed by atoms with Crippen molar-refractivity contribution >= 4 is 5.91 Å². The molecule has 4 heteroatoms. The highest BCUT2D eigenvalue weighted by atomic mass is 16.5. The SMILES string of the molecule is COc1ccc(-c2ccc[c]c2C(N)=O)c(OC)c1. The van der Waals surface area contributed by atoms with Gasteiger partial charge in [-0.1, -0.05) is 18.2 Å². The summed E-state index contributed by atoms with van der Waals surface area (Å²) < 4.78 is 10.5. The summed E-state index contributed by atoms with van der Waals surface area (Å²) in [5.74, 6) is 0.774. The number of primary amides is 1. The summed E-state index contributed by atoms with van der Waals surface area (Å²) in [5.41, 5.74) is 7.16. The Kier molecular flexibility index (Phi) is 3.71. The van der Waals surface area contributed by atoms with Crippen molar-refractivity contribution in [2.45, 2.75) is 0 Å². The fourth-order valence-electron chi connectivity index (χ4n) is 1.89. The van der Waals surface area contributed by atoms with Crippen LogP contribution in [0.5, 0.6) is 11.5 Å². The first kappa shape index (κ1) is 13.0. The van der Waals surface area contributed by atoms with E-state index in [1.54, 1.807) is 44.6 Å². The van der Waals surface area contributed by atoms with Crippen LogP contribution in [0.2, 0.25) is 0 Å². The zero-order valence-corrected chi connectivity index (χ0v) is 10.8. The van der Waals surface area contributed by atoms with Gasteiger partial charge in [0.15, 0.2) is 0 Å². The Morgan fingerprint density at radius 3 is 2.58 bits per heavy atom. The third-order valence-corrected chi connectivity index (χ3v) is 2.80. The van der Waals surface area contributed by atoms with Crippen LogP contribution in [-0.4, -0.2) is 20.1 Å². The van der Waals surface area contributed by atoms with E-state index in [1.165, 1.54) is 0 Å². The molecule has 4 nitrogen and oxygen atoms in total. The molecule has 2 rings (SSSR count). The summed E-state index contributed by atoms with van der Waals surface area (Å²) in [6, 6.07) is 13.5. The summed E-state index contributed by atoms with van der Waals surface area (Å²) in [6.45, 7) is 0. The van der Waals surface area contributed by atoms with Crippen molar-refractivity contribution in [2.24, 2.45) is 5.73 Å². The van der Waals surface area contributed by atoms with Gasteiger partial charge in [0.25, 0.3) is 0 Å². The van der Waals surface area contributed by atoms with Gasteiger partial charge in [-0.05, 0) is 23.8 Å². The van der Waals surface area contributed by atoms with Crippen LogP contribution in [0.4, 0.5) is 0 Å². The third kappa shape index (κ3) is 2.52. The second-order valence-electron chi connectivity index (χ2n) is 3.89. The Bertz CT molecular complexity index is 608. The molecule has 2 aromatic rings. The molecule has 2 N–H and O–H groups in total. The normalized spacial score (nSPS) is 10.0. The molecule has 1 amide bonds. The number of amides is 1. The summed E-state index contributed by atoms with van der Waals surface area (Å²) in [6.07, 6.45) is 0. The van der Waals surface area contributed by atoms with Crippen LogP contribution in [0.25, 0.3) is 11.1 Å². The van der Waals surface area contributed by atoms with Crippen molar-refractivity contribution < 1.29 is 14.3 Å². The van der Waals surface area contributed by atoms with Gasteiger partial charge in [0.05, 0.1) is 19.8 Å². The first-order chi connectivity index (χ1) is 9.17. The smallest absolute Gasteiger partial charge is 0.249 e. The molecule has 0 aromatic heterocycles. The molecule has 0 heterocycles. The molecule has 0 spiro atoms. The van der Waals surface area contributed by atoms with E-state index < -0.39 is 5.91 Å². The highest BCUT2D eigenvalue weighted by molar-refractivity contribution is 6.00. The maximum atomic E-state index is 11.4. The number of carbonyl (C=O) groups is 1. The van der Waals surface area contributed by atoms with E-state index in [0.717, 1.165) is 5.56 Å². The quantitative estimate of drug-likeness (QED) is 0.912. The van der Waals surface area contributed by atoms with Crippen molar-refractivity contribution in [1.82, 2.24) is 0 Å². The van der Waals surface area contributed by atoms with E-state index in [4.69, 9.17) is 15.2 Å². The number of ether oxygens (including phenoxy) is 2. The summed E-state index contributed by atoms with van der Waals surface area (Å²) in [4.78, 5) is 11.4. The Morgan fingerprint density at radius 1 is 1.16 bits per heavy atom. The van der Waals surface area contributed by atoms with Crippen LogP contribution in [-0.2, 0) is 0 Å². The predicted molar refractivity (Wildman–Crippen MR) is 72.3 cm³/mol. The van der Waals surface area contributed by atoms with Gasteiger partial charge >= 0.3 is 0 Å². The van der Waals surface area contributed by atoms with Gasteiger partial charge < -0.3 is 15.2 Å². The van der Waals surface area contributed by atoms with Crippen molar-refractivity contribution in [2.75, 3.05) is 14.2 Å². The van der Waals surface area contributed by atoms with Crippen LogP contribution in [0, 0.1) is 6.07 Å². The van der Waals surface area contributed by atoms with Gasteiger partial charge in [-0.3, -0.25) is 4.79 Å². The zero-order valence-electron chi connectivity index (χ0n) is 10.8. The Labute approximate surface area is 111 Å². The highest BCUT2D eigenvalue weighted by Gasteiger charge is 2.14. The van der Waals surface area contributed by atoms with Crippen molar-refractivity contribution in [3.8, 4) is 22.6 Å². The van der Waals surface area contributed by atoms with E-state index in [1.807, 2.05) is 6.07 Å². The summed E-state index contributed by atoms with van der Waals surface area (Å²) in [5, 5.41) is 0. The van der Waals surface area contributed by atoms with E-state index in [9.17, 15) is 4.79 Å². The maximum absolute atomic E-state index is 11.4. The van der Waals surface area contributed by atoms with Crippen LogP contribution in [0.15, 0.2) is 36.4 Å². The molecule has 0 atom stereocenters. The van der Waals surface area contributed by atoms with Crippen molar-refractivity contribution in [3.63, 3.8) is 0 Å². The second kappa shape index (κ2) is 5.44. The molecule has 2 aromatic carbocycles. The lowest BCUT2D eigenvalue weighted by Gasteiger charge is -2.12. The van der Waals surface area contributed by atoms with E-state index in [0.29, 0.717) is 22.6 Å². The van der Waals surface area contributed by atoms with Crippen LogP contribution < -0.4 is 15.2 Å². The van der Waals surface area contributed by atoms with Gasteiger partial charge in [-0.2, -0.15) is 0 Å². The average molecular weight is 256 g/mol. The molecular weight excluding hydrogens is 242 g/mol. The second-order valence-corrected chi connectivity index (χ2v) is 3.89. The molecule has 97 valence electrons. The predicted octanol–water partition coefficient (Wildman–Crippen LogP) is 2.27. The Morgan fingerprint density at radius 2 is 1.95 bits per heavy atom. The number of hydrogen-bond donors (Lipinski definition) is 1. The number of nitrogens with two attached hydrogens (primary N) is 1. The molecule has 0 saturated carbocycles. The minimum atomic E-state index is -0.520. The van der Waals surface area contributed by atoms with Crippen LogP contribution in [0.3, 0.4) is 0 Å². The van der Waals surface area contributed by atoms with Crippen molar-refractivity contribution in [3.05, 3.63) is 48.0 Å². The van der Waals surface area contributed by atoms with Gasteiger partial charge in [0.1, 0.15) is 11.5 Å². The maximum Gasteiger partial charge on any atom is 0.249 e. The number of methoxy groups -OCH3 is 2. The molecule has 0 saturated heterocycles. The molecule has 0 bridgehead atoms. The van der Waals surface area contributed by atoms with Gasteiger partial charge in [-0.25, -0.2) is 0 Å². The van der Waals surface area contributed by atoms with E-state index in [-0.39, 0.29) is 0 Å². The molecule has 0 fully saturated rings. The summed E-state index contributed by atoms with van der Waals surface area (Å²) in [7, 11) is 3.15. The van der Waals surface area contributed by atoms with E-state index >= 15 is 0 Å². The Balaban J connectivity index is 2.62. The van der Waals surface area contributed by atoms with Gasteiger partial charge in [0.2, 0.25) is 5.91 Å². The first-order valence-corrected chi connectivity index (χ1v) is 5.70. The molecule has 0 aliphatic carbocycles. The minimum Gasteiger partial charge on any atom is -0.497 e. The molecule has 19 heavy (non-hydrogen) atoms. The number of hydrogen-bond acceptors (Lipinski definition) is 3. The largest absolute Gasteiger partial charge is 0.497 e. The Hall–Kier alpha value is -2.49. The fourth-order valence-corrected chi connectivity index (χ4v) is 1.89. The van der Waals surface area contributed by atoms with Crippen LogP contribution >= 0.6 is 0 Å². The average Bonchev–Trinajstić information content (AvgIpc) is 2.46. The lowest BCUT2D eigenvalue weighted by Crippen LogP contribution is -2.12. The monoisotopic (exact) mass is 256 g/mol. The number of carbonyl (C=O) groups excluding carboxylic acids is 1. The molecular formula is C15H14NO3. The first-order valence-electron chi connectivity index (χ1n) is 5.70.